The van der Waals surface area contributed by atoms with Gasteiger partial charge >= 0.3 is 11.9 Å². The van der Waals surface area contributed by atoms with Gasteiger partial charge in [0.05, 0.1) is 17.8 Å². The van der Waals surface area contributed by atoms with E-state index in [2.05, 4.69) is 23.8 Å². The van der Waals surface area contributed by atoms with Gasteiger partial charge < -0.3 is 15.2 Å². The summed E-state index contributed by atoms with van der Waals surface area (Å²) in [6.45, 7) is 4.18. The van der Waals surface area contributed by atoms with Crippen molar-refractivity contribution in [1.82, 2.24) is 9.97 Å². The Bertz CT molecular complexity index is 1020. The summed E-state index contributed by atoms with van der Waals surface area (Å²) in [5, 5.41) is 20.7. The van der Waals surface area contributed by atoms with Crippen LogP contribution >= 0.6 is 22.7 Å². The number of aromatic carboxylic acids is 1. The summed E-state index contributed by atoms with van der Waals surface area (Å²) in [5.41, 5.74) is 0.907. The van der Waals surface area contributed by atoms with Crippen molar-refractivity contribution in [1.29, 1.82) is 0 Å². The van der Waals surface area contributed by atoms with E-state index < -0.39 is 11.9 Å². The van der Waals surface area contributed by atoms with Gasteiger partial charge in [0.1, 0.15) is 10.7 Å². The topological polar surface area (TPSA) is 103 Å². The van der Waals surface area contributed by atoms with Gasteiger partial charge in [0, 0.05) is 21.7 Å². The molecule has 0 aromatic carbocycles. The molecule has 3 heterocycles. The number of rotatable bonds is 9. The second-order valence-corrected chi connectivity index (χ2v) is 8.97. The number of aromatic nitrogens is 2. The number of hydrogen-bond acceptors (Lipinski definition) is 5. The predicted octanol–water partition coefficient (Wildman–Crippen LogP) is 5.12. The Morgan fingerprint density at radius 2 is 2.07 bits per heavy atom. The molecule has 8 heteroatoms. The Balaban J connectivity index is 1.91. The fourth-order valence-corrected chi connectivity index (χ4v) is 4.93. The second-order valence-electron chi connectivity index (χ2n) is 6.83. The lowest BCUT2D eigenvalue weighted by molar-refractivity contribution is -0.132. The molecule has 2 unspecified atom stereocenters. The van der Waals surface area contributed by atoms with Crippen LogP contribution in [0.5, 0.6) is 0 Å². The van der Waals surface area contributed by atoms with Crippen molar-refractivity contribution < 1.29 is 19.8 Å². The largest absolute Gasteiger partial charge is 0.478 e. The molecule has 3 rings (SSSR count). The smallest absolute Gasteiger partial charge is 0.345 e. The van der Waals surface area contributed by atoms with Crippen LogP contribution in [0.1, 0.15) is 57.1 Å². The Kier molecular flexibility index (Phi) is 6.66. The number of aromatic amines is 1. The first-order valence-electron chi connectivity index (χ1n) is 9.23. The number of aliphatic carboxylic acids is 1. The fraction of sp³-hybridized carbons (Fsp3) is 0.286. The molecule has 0 saturated heterocycles. The molecule has 6 nitrogen and oxygen atoms in total. The van der Waals surface area contributed by atoms with E-state index in [1.165, 1.54) is 22.7 Å². The summed E-state index contributed by atoms with van der Waals surface area (Å²) >= 11 is 2.77. The minimum atomic E-state index is -0.961. The standard InChI is InChI=1S/C21H22N2O4S2/c1-3-12(2)18(16-6-7-17(29-16)21(26)27)19-22-11-14(23-19)9-13(20(24)25)10-15-5-4-8-28-15/h4-9,11-12,18H,3,10H2,1-2H3,(H,22,23)(H,24,25)(H,26,27)/b13-9+. The number of thiophene rings is 2. The van der Waals surface area contributed by atoms with Crippen LogP contribution in [-0.4, -0.2) is 32.1 Å². The van der Waals surface area contributed by atoms with Gasteiger partial charge in [0.2, 0.25) is 0 Å². The first kappa shape index (κ1) is 21.0. The molecule has 3 aromatic heterocycles. The zero-order valence-corrected chi connectivity index (χ0v) is 17.7. The predicted molar refractivity (Wildman–Crippen MR) is 115 cm³/mol. The Labute approximate surface area is 176 Å². The Morgan fingerprint density at radius 3 is 2.66 bits per heavy atom. The average molecular weight is 431 g/mol. The fourth-order valence-electron chi connectivity index (χ4n) is 3.12. The van der Waals surface area contributed by atoms with Gasteiger partial charge in [-0.05, 0) is 35.6 Å². The van der Waals surface area contributed by atoms with Gasteiger partial charge in [-0.15, -0.1) is 22.7 Å². The van der Waals surface area contributed by atoms with Gasteiger partial charge in [-0.2, -0.15) is 0 Å². The van der Waals surface area contributed by atoms with Gasteiger partial charge in [0.25, 0.3) is 0 Å². The molecule has 0 saturated carbocycles. The molecule has 0 radical (unpaired) electrons. The van der Waals surface area contributed by atoms with Crippen LogP contribution in [0.2, 0.25) is 0 Å². The maximum atomic E-state index is 11.7. The van der Waals surface area contributed by atoms with Gasteiger partial charge in [-0.3, -0.25) is 0 Å². The van der Waals surface area contributed by atoms with E-state index >= 15 is 0 Å². The number of nitrogens with zero attached hydrogens (tertiary/aromatic N) is 1. The van der Waals surface area contributed by atoms with Crippen LogP contribution in [0.3, 0.4) is 0 Å². The summed E-state index contributed by atoms with van der Waals surface area (Å²) in [7, 11) is 0. The highest BCUT2D eigenvalue weighted by Crippen LogP contribution is 2.36. The zero-order chi connectivity index (χ0) is 21.0. The van der Waals surface area contributed by atoms with Crippen LogP contribution < -0.4 is 0 Å². The highest BCUT2D eigenvalue weighted by atomic mass is 32.1. The molecule has 0 bridgehead atoms. The Hall–Kier alpha value is -2.71. The van der Waals surface area contributed by atoms with E-state index in [0.29, 0.717) is 22.8 Å². The number of imidazole rings is 1. The SMILES string of the molecule is CCC(C)C(c1ncc(/C=C(\Cc2cccs2)C(=O)O)[nH]1)c1ccc(C(=O)O)s1. The monoisotopic (exact) mass is 430 g/mol. The maximum Gasteiger partial charge on any atom is 0.345 e. The molecule has 152 valence electrons. The van der Waals surface area contributed by atoms with Crippen LogP contribution in [0.25, 0.3) is 6.08 Å². The van der Waals surface area contributed by atoms with Gasteiger partial charge in [0.15, 0.2) is 0 Å². The minimum Gasteiger partial charge on any atom is -0.478 e. The normalized spacial score (nSPS) is 13.9. The lowest BCUT2D eigenvalue weighted by Gasteiger charge is -2.19. The second kappa shape index (κ2) is 9.19. The first-order valence-corrected chi connectivity index (χ1v) is 10.9. The molecule has 0 fully saturated rings. The van der Waals surface area contributed by atoms with E-state index in [1.807, 2.05) is 23.6 Å². The highest BCUT2D eigenvalue weighted by Gasteiger charge is 2.25. The van der Waals surface area contributed by atoms with Gasteiger partial charge in [-0.25, -0.2) is 14.6 Å². The number of carboxylic acids is 2. The molecule has 29 heavy (non-hydrogen) atoms. The average Bonchev–Trinajstić information content (AvgIpc) is 3.43. The summed E-state index contributed by atoms with van der Waals surface area (Å²) < 4.78 is 0. The maximum absolute atomic E-state index is 11.7. The minimum absolute atomic E-state index is 0.0779. The van der Waals surface area contributed by atoms with Crippen LogP contribution in [-0.2, 0) is 11.2 Å². The molecular weight excluding hydrogens is 408 g/mol. The van der Waals surface area contributed by atoms with Crippen LogP contribution in [0, 0.1) is 5.92 Å². The first-order chi connectivity index (χ1) is 13.9. The van der Waals surface area contributed by atoms with E-state index in [4.69, 9.17) is 0 Å². The number of nitrogens with one attached hydrogen (secondary N) is 1. The van der Waals surface area contributed by atoms with Crippen LogP contribution in [0.15, 0.2) is 41.4 Å². The lowest BCUT2D eigenvalue weighted by Crippen LogP contribution is -2.11. The van der Waals surface area contributed by atoms with Crippen molar-refractivity contribution in [3.05, 3.63) is 67.6 Å². The van der Waals surface area contributed by atoms with Gasteiger partial charge in [-0.1, -0.05) is 26.3 Å². The quantitative estimate of drug-likeness (QED) is 0.409. The number of carboxylic acid groups (broad SMARTS) is 2. The molecule has 0 aliphatic rings. The van der Waals surface area contributed by atoms with Crippen LogP contribution in [0.4, 0.5) is 0 Å². The summed E-state index contributed by atoms with van der Waals surface area (Å²) in [6.07, 6.45) is 4.50. The van der Waals surface area contributed by atoms with Crippen molar-refractivity contribution in [2.45, 2.75) is 32.6 Å². The Morgan fingerprint density at radius 1 is 1.28 bits per heavy atom. The van der Waals surface area contributed by atoms with Crippen molar-refractivity contribution in [3.8, 4) is 0 Å². The highest BCUT2D eigenvalue weighted by molar-refractivity contribution is 7.14. The zero-order valence-electron chi connectivity index (χ0n) is 16.1. The summed E-state index contributed by atoms with van der Waals surface area (Å²) in [5.74, 6) is -1.02. The molecule has 0 aliphatic carbocycles. The number of carbonyl (C=O) groups is 2. The van der Waals surface area contributed by atoms with E-state index in [1.54, 1.807) is 18.3 Å². The van der Waals surface area contributed by atoms with Crippen molar-refractivity contribution in [2.75, 3.05) is 0 Å². The van der Waals surface area contributed by atoms with Crippen molar-refractivity contribution in [3.63, 3.8) is 0 Å². The third-order valence-corrected chi connectivity index (χ3v) is 6.85. The third kappa shape index (κ3) is 5.02. The molecule has 3 aromatic rings. The van der Waals surface area contributed by atoms with Crippen molar-refractivity contribution in [2.24, 2.45) is 5.92 Å². The summed E-state index contributed by atoms with van der Waals surface area (Å²) in [4.78, 5) is 32.9. The summed E-state index contributed by atoms with van der Waals surface area (Å²) in [6, 6.07) is 7.26. The van der Waals surface area contributed by atoms with E-state index in [-0.39, 0.29) is 17.4 Å². The van der Waals surface area contributed by atoms with Crippen molar-refractivity contribution >= 4 is 40.7 Å². The molecule has 3 N–H and O–H groups in total. The lowest BCUT2D eigenvalue weighted by atomic mass is 9.90. The van der Waals surface area contributed by atoms with E-state index in [9.17, 15) is 19.8 Å². The number of hydrogen-bond donors (Lipinski definition) is 3. The molecule has 0 amide bonds. The molecular formula is C21H22N2O4S2. The molecule has 0 aliphatic heterocycles. The number of H-pyrrole nitrogens is 1. The molecule has 2 atom stereocenters. The molecule has 0 spiro atoms. The van der Waals surface area contributed by atoms with E-state index in [0.717, 1.165) is 16.2 Å². The third-order valence-electron chi connectivity index (χ3n) is 4.82.